The van der Waals surface area contributed by atoms with E-state index in [1.165, 1.54) is 0 Å². The molecule has 1 aromatic carbocycles. The van der Waals surface area contributed by atoms with E-state index in [0.29, 0.717) is 11.7 Å². The van der Waals surface area contributed by atoms with Crippen LogP contribution >= 0.6 is 15.9 Å². The Kier molecular flexibility index (Phi) is 2.81. The van der Waals surface area contributed by atoms with Crippen molar-refractivity contribution in [2.75, 3.05) is 5.73 Å². The molecule has 20 heavy (non-hydrogen) atoms. The average molecular weight is 335 g/mol. The molecule has 1 fully saturated rings. The van der Waals surface area contributed by atoms with Gasteiger partial charge in [0, 0.05) is 10.4 Å². The Morgan fingerprint density at radius 1 is 1.20 bits per heavy atom. The fourth-order valence-corrected chi connectivity index (χ4v) is 3.70. The second kappa shape index (κ2) is 4.10. The number of halogens is 1. The summed E-state index contributed by atoms with van der Waals surface area (Å²) in [4.78, 5) is 0. The van der Waals surface area contributed by atoms with Crippen LogP contribution in [0.3, 0.4) is 0 Å². The molecule has 1 aromatic heterocycles. The van der Waals surface area contributed by atoms with E-state index in [4.69, 9.17) is 10.3 Å². The maximum absolute atomic E-state index is 6.05. The van der Waals surface area contributed by atoms with Crippen LogP contribution in [0.25, 0.3) is 11.1 Å². The highest BCUT2D eigenvalue weighted by Gasteiger charge is 2.67. The third-order valence-corrected chi connectivity index (χ3v) is 5.63. The standard InChI is InChI=1S/C16H19BrN2O/c1-15(2)13(16(15,3)4)12-11(14(18)19-20-12)9-6-5-7-10(17)8-9/h5-8,13H,1-4H3,(H2,18,19). The van der Waals surface area contributed by atoms with Crippen molar-refractivity contribution < 1.29 is 4.52 Å². The summed E-state index contributed by atoms with van der Waals surface area (Å²) in [7, 11) is 0. The first-order valence-electron chi connectivity index (χ1n) is 6.78. The molecule has 1 saturated carbocycles. The minimum absolute atomic E-state index is 0.194. The van der Waals surface area contributed by atoms with Crippen molar-refractivity contribution in [2.24, 2.45) is 10.8 Å². The molecule has 1 aliphatic carbocycles. The van der Waals surface area contributed by atoms with Gasteiger partial charge in [-0.3, -0.25) is 0 Å². The van der Waals surface area contributed by atoms with Gasteiger partial charge in [0.15, 0.2) is 11.6 Å². The lowest BCUT2D eigenvalue weighted by molar-refractivity contribution is 0.374. The van der Waals surface area contributed by atoms with Crippen molar-refractivity contribution in [1.82, 2.24) is 5.16 Å². The van der Waals surface area contributed by atoms with Gasteiger partial charge in [-0.1, -0.05) is 60.9 Å². The van der Waals surface area contributed by atoms with Crippen LogP contribution < -0.4 is 5.73 Å². The molecule has 1 aliphatic rings. The SMILES string of the molecule is CC1(C)C(c2onc(N)c2-c2cccc(Br)c2)C1(C)C. The van der Waals surface area contributed by atoms with Crippen LogP contribution in [0.4, 0.5) is 5.82 Å². The highest BCUT2D eigenvalue weighted by Crippen LogP contribution is 2.74. The Balaban J connectivity index is 2.13. The summed E-state index contributed by atoms with van der Waals surface area (Å²) in [6, 6.07) is 8.09. The first-order chi connectivity index (χ1) is 9.26. The minimum Gasteiger partial charge on any atom is -0.380 e. The molecule has 106 valence electrons. The fraction of sp³-hybridized carbons (Fsp3) is 0.438. The summed E-state index contributed by atoms with van der Waals surface area (Å²) in [5.74, 6) is 1.72. The summed E-state index contributed by atoms with van der Waals surface area (Å²) >= 11 is 3.50. The Labute approximate surface area is 127 Å². The zero-order valence-corrected chi connectivity index (χ0v) is 13.8. The summed E-state index contributed by atoms with van der Waals surface area (Å²) in [5.41, 5.74) is 8.42. The second-order valence-electron chi connectivity index (χ2n) is 6.69. The van der Waals surface area contributed by atoms with Gasteiger partial charge >= 0.3 is 0 Å². The molecule has 0 amide bonds. The van der Waals surface area contributed by atoms with E-state index in [1.807, 2.05) is 18.2 Å². The summed E-state index contributed by atoms with van der Waals surface area (Å²) < 4.78 is 6.62. The fourth-order valence-electron chi connectivity index (χ4n) is 3.30. The van der Waals surface area contributed by atoms with Crippen molar-refractivity contribution in [2.45, 2.75) is 33.6 Å². The van der Waals surface area contributed by atoms with Crippen LogP contribution in [0, 0.1) is 10.8 Å². The lowest BCUT2D eigenvalue weighted by Gasteiger charge is -2.04. The molecule has 0 unspecified atom stereocenters. The van der Waals surface area contributed by atoms with E-state index in [2.05, 4.69) is 54.8 Å². The minimum atomic E-state index is 0.194. The van der Waals surface area contributed by atoms with Crippen molar-refractivity contribution >= 4 is 21.7 Å². The van der Waals surface area contributed by atoms with E-state index in [-0.39, 0.29) is 10.8 Å². The van der Waals surface area contributed by atoms with E-state index in [1.54, 1.807) is 0 Å². The molecule has 2 aromatic rings. The molecule has 3 rings (SSSR count). The van der Waals surface area contributed by atoms with Crippen LogP contribution in [-0.2, 0) is 0 Å². The van der Waals surface area contributed by atoms with E-state index >= 15 is 0 Å². The summed E-state index contributed by atoms with van der Waals surface area (Å²) in [6.07, 6.45) is 0. The number of hydrogen-bond donors (Lipinski definition) is 1. The van der Waals surface area contributed by atoms with E-state index in [0.717, 1.165) is 21.4 Å². The predicted octanol–water partition coefficient (Wildman–Crippen LogP) is 4.84. The predicted molar refractivity (Wildman–Crippen MR) is 84.4 cm³/mol. The molecule has 2 N–H and O–H groups in total. The van der Waals surface area contributed by atoms with Crippen LogP contribution in [0.2, 0.25) is 0 Å². The first-order valence-corrected chi connectivity index (χ1v) is 7.57. The highest BCUT2D eigenvalue weighted by molar-refractivity contribution is 9.10. The smallest absolute Gasteiger partial charge is 0.175 e. The van der Waals surface area contributed by atoms with Gasteiger partial charge in [-0.05, 0) is 28.5 Å². The monoisotopic (exact) mass is 334 g/mol. The maximum Gasteiger partial charge on any atom is 0.175 e. The molecule has 0 saturated heterocycles. The third-order valence-electron chi connectivity index (χ3n) is 5.14. The van der Waals surface area contributed by atoms with Crippen LogP contribution in [0.15, 0.2) is 33.3 Å². The topological polar surface area (TPSA) is 52.0 Å². The molecular formula is C16H19BrN2O. The highest BCUT2D eigenvalue weighted by atomic mass is 79.9. The number of anilines is 1. The molecule has 1 heterocycles. The largest absolute Gasteiger partial charge is 0.380 e. The van der Waals surface area contributed by atoms with Crippen LogP contribution in [0.5, 0.6) is 0 Å². The average Bonchev–Trinajstić information content (AvgIpc) is 2.64. The Hall–Kier alpha value is -1.29. The molecular weight excluding hydrogens is 316 g/mol. The Morgan fingerprint density at radius 2 is 1.85 bits per heavy atom. The molecule has 0 radical (unpaired) electrons. The van der Waals surface area contributed by atoms with Gasteiger partial charge in [0.2, 0.25) is 0 Å². The van der Waals surface area contributed by atoms with Crippen molar-refractivity contribution in [1.29, 1.82) is 0 Å². The van der Waals surface area contributed by atoms with Crippen LogP contribution in [0.1, 0.15) is 39.4 Å². The van der Waals surface area contributed by atoms with Crippen molar-refractivity contribution in [3.8, 4) is 11.1 Å². The number of aromatic nitrogens is 1. The molecule has 0 bridgehead atoms. The molecule has 0 aliphatic heterocycles. The third kappa shape index (κ3) is 1.74. The first kappa shape index (κ1) is 13.7. The number of benzene rings is 1. The maximum atomic E-state index is 6.05. The van der Waals surface area contributed by atoms with Crippen LogP contribution in [-0.4, -0.2) is 5.16 Å². The zero-order chi connectivity index (χ0) is 14.7. The number of hydrogen-bond acceptors (Lipinski definition) is 3. The van der Waals surface area contributed by atoms with Gasteiger partial charge in [0.05, 0.1) is 5.56 Å². The van der Waals surface area contributed by atoms with Gasteiger partial charge in [-0.2, -0.15) is 0 Å². The number of rotatable bonds is 2. The van der Waals surface area contributed by atoms with Crippen molar-refractivity contribution in [3.63, 3.8) is 0 Å². The summed E-state index contributed by atoms with van der Waals surface area (Å²) in [5, 5.41) is 4.00. The van der Waals surface area contributed by atoms with E-state index in [9.17, 15) is 0 Å². The van der Waals surface area contributed by atoms with Gasteiger partial charge < -0.3 is 10.3 Å². The van der Waals surface area contributed by atoms with Gasteiger partial charge in [-0.15, -0.1) is 0 Å². The number of nitrogens with zero attached hydrogens (tertiary/aromatic N) is 1. The summed E-state index contributed by atoms with van der Waals surface area (Å²) in [6.45, 7) is 9.06. The van der Waals surface area contributed by atoms with Gasteiger partial charge in [0.1, 0.15) is 0 Å². The Morgan fingerprint density at radius 3 is 2.40 bits per heavy atom. The quantitative estimate of drug-likeness (QED) is 0.855. The number of nitrogen functional groups attached to an aromatic ring is 1. The van der Waals surface area contributed by atoms with Gasteiger partial charge in [-0.25, -0.2) is 0 Å². The second-order valence-corrected chi connectivity index (χ2v) is 7.61. The Bertz CT molecular complexity index is 659. The molecule has 0 atom stereocenters. The number of nitrogens with two attached hydrogens (primary N) is 1. The molecule has 3 nitrogen and oxygen atoms in total. The zero-order valence-electron chi connectivity index (χ0n) is 12.2. The lowest BCUT2D eigenvalue weighted by Crippen LogP contribution is -1.95. The normalized spacial score (nSPS) is 20.1. The molecule has 4 heteroatoms. The van der Waals surface area contributed by atoms with Crippen molar-refractivity contribution in [3.05, 3.63) is 34.5 Å². The lowest BCUT2D eigenvalue weighted by atomic mass is 10.0. The van der Waals surface area contributed by atoms with E-state index < -0.39 is 0 Å². The molecule has 0 spiro atoms. The van der Waals surface area contributed by atoms with Gasteiger partial charge in [0.25, 0.3) is 0 Å².